The van der Waals surface area contributed by atoms with Gasteiger partial charge < -0.3 is 4.57 Å². The average Bonchev–Trinajstić information content (AvgIpc) is 2.86. The second-order valence-corrected chi connectivity index (χ2v) is 7.86. The van der Waals surface area contributed by atoms with Crippen LogP contribution in [-0.2, 0) is 10.0 Å². The summed E-state index contributed by atoms with van der Waals surface area (Å²) in [7, 11) is -3.69. The molecule has 0 saturated carbocycles. The first kappa shape index (κ1) is 18.1. The van der Waals surface area contributed by atoms with Crippen molar-refractivity contribution in [1.82, 2.24) is 4.57 Å². The minimum absolute atomic E-state index is 0.102. The lowest BCUT2D eigenvalue weighted by Crippen LogP contribution is -2.12. The summed E-state index contributed by atoms with van der Waals surface area (Å²) in [5, 5.41) is 5.16. The van der Waals surface area contributed by atoms with Crippen molar-refractivity contribution in [3.8, 4) is 5.69 Å². The highest BCUT2D eigenvalue weighted by atomic mass is 32.2. The number of aliphatic imine (C=N–C) groups is 1. The summed E-state index contributed by atoms with van der Waals surface area (Å²) in [6, 6.07) is 16.6. The molecule has 3 rings (SSSR count). The average molecular weight is 367 g/mol. The third-order valence-corrected chi connectivity index (χ3v) is 5.18. The number of primary sulfonamides is 1. The van der Waals surface area contributed by atoms with Crippen molar-refractivity contribution in [2.45, 2.75) is 25.7 Å². The van der Waals surface area contributed by atoms with E-state index in [0.29, 0.717) is 0 Å². The largest absolute Gasteiger partial charge is 0.318 e. The van der Waals surface area contributed by atoms with Crippen molar-refractivity contribution in [2.75, 3.05) is 0 Å². The number of aromatic nitrogens is 1. The van der Waals surface area contributed by atoms with Crippen molar-refractivity contribution < 1.29 is 8.42 Å². The zero-order valence-corrected chi connectivity index (χ0v) is 15.8. The Morgan fingerprint density at radius 1 is 1.00 bits per heavy atom. The lowest BCUT2D eigenvalue weighted by Gasteiger charge is -2.10. The van der Waals surface area contributed by atoms with Crippen molar-refractivity contribution in [1.29, 1.82) is 0 Å². The molecule has 1 aromatic heterocycles. The number of nitrogens with two attached hydrogens (primary N) is 1. The van der Waals surface area contributed by atoms with Crippen LogP contribution in [0.5, 0.6) is 0 Å². The second-order valence-electron chi connectivity index (χ2n) is 6.30. The molecule has 3 aromatic rings. The summed E-state index contributed by atoms with van der Waals surface area (Å²) in [5.41, 5.74) is 6.04. The van der Waals surface area contributed by atoms with E-state index in [-0.39, 0.29) is 4.90 Å². The lowest BCUT2D eigenvalue weighted by molar-refractivity contribution is 0.598. The molecular weight excluding hydrogens is 346 g/mol. The van der Waals surface area contributed by atoms with E-state index in [9.17, 15) is 8.42 Å². The molecule has 1 heterocycles. The van der Waals surface area contributed by atoms with Crippen LogP contribution < -0.4 is 5.14 Å². The Hall–Kier alpha value is -2.70. The molecule has 0 amide bonds. The van der Waals surface area contributed by atoms with Crippen LogP contribution in [-0.4, -0.2) is 19.2 Å². The number of benzene rings is 2. The van der Waals surface area contributed by atoms with E-state index in [4.69, 9.17) is 5.14 Å². The van der Waals surface area contributed by atoms with E-state index < -0.39 is 10.0 Å². The van der Waals surface area contributed by atoms with E-state index in [1.165, 1.54) is 17.7 Å². The van der Waals surface area contributed by atoms with Gasteiger partial charge in [-0.2, -0.15) is 0 Å². The number of hydrogen-bond donors (Lipinski definition) is 1. The molecule has 0 spiro atoms. The smallest absolute Gasteiger partial charge is 0.238 e. The molecule has 5 nitrogen and oxygen atoms in total. The molecule has 0 atom stereocenters. The van der Waals surface area contributed by atoms with Gasteiger partial charge in [-0.15, -0.1) is 0 Å². The predicted molar refractivity (Wildman–Crippen MR) is 105 cm³/mol. The van der Waals surface area contributed by atoms with Gasteiger partial charge in [-0.1, -0.05) is 12.1 Å². The van der Waals surface area contributed by atoms with Gasteiger partial charge in [-0.25, -0.2) is 13.6 Å². The molecule has 0 radical (unpaired) electrons. The van der Waals surface area contributed by atoms with Gasteiger partial charge in [0.25, 0.3) is 0 Å². The van der Waals surface area contributed by atoms with Crippen molar-refractivity contribution in [3.05, 3.63) is 77.1 Å². The molecule has 0 fully saturated rings. The molecule has 6 heteroatoms. The summed E-state index contributed by atoms with van der Waals surface area (Å²) >= 11 is 0. The standard InChI is InChI=1S/C20H21N3O2S/c1-14-5-4-6-18(11-14)22-13-17-12-15(2)23(16(17)3)19-7-9-20(10-8-19)26(21,24)25/h4-13H,1-3H3,(H2,21,24,25). The Morgan fingerprint density at radius 3 is 2.31 bits per heavy atom. The number of rotatable bonds is 4. The quantitative estimate of drug-likeness (QED) is 0.712. The van der Waals surface area contributed by atoms with Crippen LogP contribution in [0.25, 0.3) is 5.69 Å². The van der Waals surface area contributed by atoms with Gasteiger partial charge in [-0.05, 0) is 68.8 Å². The molecule has 0 aliphatic heterocycles. The first-order chi connectivity index (χ1) is 12.3. The van der Waals surface area contributed by atoms with Crippen molar-refractivity contribution in [3.63, 3.8) is 0 Å². The maximum atomic E-state index is 11.4. The van der Waals surface area contributed by atoms with Gasteiger partial charge in [0, 0.05) is 28.9 Å². The molecule has 26 heavy (non-hydrogen) atoms. The summed E-state index contributed by atoms with van der Waals surface area (Å²) in [5.74, 6) is 0. The molecule has 0 saturated heterocycles. The number of nitrogens with zero attached hydrogens (tertiary/aromatic N) is 2. The van der Waals surface area contributed by atoms with Gasteiger partial charge in [-0.3, -0.25) is 4.99 Å². The van der Waals surface area contributed by atoms with E-state index in [2.05, 4.69) is 15.6 Å². The fourth-order valence-electron chi connectivity index (χ4n) is 2.95. The normalized spacial score (nSPS) is 12.0. The Bertz CT molecular complexity index is 1080. The minimum Gasteiger partial charge on any atom is -0.318 e. The highest BCUT2D eigenvalue weighted by Gasteiger charge is 2.11. The fraction of sp³-hybridized carbons (Fsp3) is 0.150. The van der Waals surface area contributed by atoms with E-state index in [1.807, 2.05) is 51.3 Å². The molecule has 2 aromatic carbocycles. The molecule has 0 bridgehead atoms. The van der Waals surface area contributed by atoms with Gasteiger partial charge in [0.05, 0.1) is 10.6 Å². The number of aryl methyl sites for hydroxylation is 2. The SMILES string of the molecule is Cc1cccc(N=Cc2cc(C)n(-c3ccc(S(N)(=O)=O)cc3)c2C)c1. The summed E-state index contributed by atoms with van der Waals surface area (Å²) in [4.78, 5) is 4.66. The zero-order chi connectivity index (χ0) is 18.9. The van der Waals surface area contributed by atoms with E-state index in [0.717, 1.165) is 28.3 Å². The van der Waals surface area contributed by atoms with Gasteiger partial charge in [0.2, 0.25) is 10.0 Å². The Morgan fingerprint density at radius 2 is 1.69 bits per heavy atom. The molecular formula is C20H21N3O2S. The first-order valence-corrected chi connectivity index (χ1v) is 9.73. The van der Waals surface area contributed by atoms with Crippen LogP contribution in [0.2, 0.25) is 0 Å². The monoisotopic (exact) mass is 367 g/mol. The number of sulfonamides is 1. The molecule has 2 N–H and O–H groups in total. The highest BCUT2D eigenvalue weighted by molar-refractivity contribution is 7.89. The maximum Gasteiger partial charge on any atom is 0.238 e. The molecule has 134 valence electrons. The summed E-state index contributed by atoms with van der Waals surface area (Å²) in [6.07, 6.45) is 1.85. The van der Waals surface area contributed by atoms with Crippen LogP contribution in [0.4, 0.5) is 5.69 Å². The van der Waals surface area contributed by atoms with Crippen LogP contribution in [0, 0.1) is 20.8 Å². The fourth-order valence-corrected chi connectivity index (χ4v) is 3.47. The number of hydrogen-bond acceptors (Lipinski definition) is 3. The van der Waals surface area contributed by atoms with Gasteiger partial charge in [0.1, 0.15) is 0 Å². The highest BCUT2D eigenvalue weighted by Crippen LogP contribution is 2.22. The third-order valence-electron chi connectivity index (χ3n) is 4.25. The second kappa shape index (κ2) is 6.90. The van der Waals surface area contributed by atoms with E-state index >= 15 is 0 Å². The minimum atomic E-state index is -3.69. The molecule has 0 aliphatic carbocycles. The maximum absolute atomic E-state index is 11.4. The van der Waals surface area contributed by atoms with Crippen LogP contribution in [0.1, 0.15) is 22.5 Å². The molecule has 0 aliphatic rings. The first-order valence-electron chi connectivity index (χ1n) is 8.18. The third kappa shape index (κ3) is 3.76. The zero-order valence-electron chi connectivity index (χ0n) is 15.0. The van der Waals surface area contributed by atoms with Gasteiger partial charge in [0.15, 0.2) is 0 Å². The summed E-state index contributed by atoms with van der Waals surface area (Å²) < 4.78 is 24.9. The van der Waals surface area contributed by atoms with Crippen LogP contribution in [0.15, 0.2) is 64.5 Å². The van der Waals surface area contributed by atoms with Crippen molar-refractivity contribution in [2.24, 2.45) is 10.1 Å². The van der Waals surface area contributed by atoms with Crippen LogP contribution in [0.3, 0.4) is 0 Å². The Balaban J connectivity index is 1.96. The Kier molecular flexibility index (Phi) is 4.80. The molecule has 0 unspecified atom stereocenters. The topological polar surface area (TPSA) is 77.5 Å². The van der Waals surface area contributed by atoms with Gasteiger partial charge >= 0.3 is 0 Å². The predicted octanol–water partition coefficient (Wildman–Crippen LogP) is 3.80. The summed E-state index contributed by atoms with van der Waals surface area (Å²) in [6.45, 7) is 6.05. The van der Waals surface area contributed by atoms with Crippen molar-refractivity contribution >= 4 is 21.9 Å². The lowest BCUT2D eigenvalue weighted by atomic mass is 10.2. The van der Waals surface area contributed by atoms with E-state index in [1.54, 1.807) is 12.1 Å². The Labute approximate surface area is 153 Å². The van der Waals surface area contributed by atoms with Crippen LogP contribution >= 0.6 is 0 Å².